The monoisotopic (exact) mass is 257 g/mol. The van der Waals surface area contributed by atoms with Crippen LogP contribution in [0.25, 0.3) is 0 Å². The quantitative estimate of drug-likeness (QED) is 0.853. The lowest BCUT2D eigenvalue weighted by Crippen LogP contribution is -2.33. The van der Waals surface area contributed by atoms with E-state index in [2.05, 4.69) is 50.4 Å². The molecule has 0 amide bonds. The largest absolute Gasteiger partial charge is 0.310 e. The maximum absolute atomic E-state index is 3.79. The summed E-state index contributed by atoms with van der Waals surface area (Å²) in [6.07, 6.45) is 5.86. The highest BCUT2D eigenvalue weighted by atomic mass is 14.9. The summed E-state index contributed by atoms with van der Waals surface area (Å²) >= 11 is 0. The molecule has 2 saturated carbocycles. The fraction of sp³-hybridized carbons (Fsp3) is 0.667. The van der Waals surface area contributed by atoms with E-state index in [4.69, 9.17) is 0 Å². The molecule has 2 fully saturated rings. The van der Waals surface area contributed by atoms with Gasteiger partial charge in [0.15, 0.2) is 0 Å². The number of nitrogens with one attached hydrogen (secondary N) is 1. The van der Waals surface area contributed by atoms with Gasteiger partial charge in [-0.05, 0) is 47.6 Å². The predicted molar refractivity (Wildman–Crippen MR) is 81.2 cm³/mol. The Morgan fingerprint density at radius 1 is 1.05 bits per heavy atom. The third kappa shape index (κ3) is 2.86. The van der Waals surface area contributed by atoms with Crippen molar-refractivity contribution in [1.82, 2.24) is 5.32 Å². The molecule has 2 aliphatic carbocycles. The van der Waals surface area contributed by atoms with Gasteiger partial charge in [-0.3, -0.25) is 0 Å². The summed E-state index contributed by atoms with van der Waals surface area (Å²) in [7, 11) is 0. The van der Waals surface area contributed by atoms with Gasteiger partial charge in [0.25, 0.3) is 0 Å². The van der Waals surface area contributed by atoms with Crippen LogP contribution in [0, 0.1) is 11.8 Å². The maximum Gasteiger partial charge on any atom is 0.0208 e. The highest BCUT2D eigenvalue weighted by Gasteiger charge is 2.38. The van der Waals surface area contributed by atoms with Gasteiger partial charge in [0.2, 0.25) is 0 Å². The second-order valence-corrected chi connectivity index (χ2v) is 7.61. The molecule has 0 aliphatic heterocycles. The third-order valence-electron chi connectivity index (χ3n) is 5.13. The van der Waals surface area contributed by atoms with Crippen LogP contribution in [0.3, 0.4) is 0 Å². The number of hydrogen-bond acceptors (Lipinski definition) is 1. The van der Waals surface area contributed by atoms with Crippen LogP contribution in [0.2, 0.25) is 0 Å². The first-order valence-corrected chi connectivity index (χ1v) is 7.85. The van der Waals surface area contributed by atoms with Crippen molar-refractivity contribution in [3.8, 4) is 0 Å². The van der Waals surface area contributed by atoms with Crippen molar-refractivity contribution in [1.29, 1.82) is 0 Å². The Bertz CT molecular complexity index is 426. The number of rotatable bonds is 3. The Labute approximate surface area is 117 Å². The molecule has 0 saturated heterocycles. The highest BCUT2D eigenvalue weighted by molar-refractivity contribution is 5.27. The summed E-state index contributed by atoms with van der Waals surface area (Å²) in [5, 5.41) is 3.79. The molecule has 2 aliphatic rings. The Balaban J connectivity index is 1.56. The molecule has 0 radical (unpaired) electrons. The van der Waals surface area contributed by atoms with E-state index in [-0.39, 0.29) is 5.41 Å². The molecule has 1 nitrogen and oxygen atoms in total. The Morgan fingerprint density at radius 3 is 2.32 bits per heavy atom. The first kappa shape index (κ1) is 13.2. The Hall–Kier alpha value is -0.820. The van der Waals surface area contributed by atoms with Gasteiger partial charge in [0.1, 0.15) is 0 Å². The standard InChI is InChI=1S/C18H27N/c1-18(2,3)16-8-5-13(6-9-16)12-19-17-11-14-4-7-15(17)10-14/h5-6,8-9,14-15,17,19H,4,7,10-12H2,1-3H3. The van der Waals surface area contributed by atoms with E-state index in [0.29, 0.717) is 0 Å². The zero-order valence-electron chi connectivity index (χ0n) is 12.6. The molecule has 0 aromatic heterocycles. The number of fused-ring (bicyclic) bond motifs is 2. The molecule has 3 rings (SSSR count). The van der Waals surface area contributed by atoms with Crippen molar-refractivity contribution in [2.24, 2.45) is 11.8 Å². The van der Waals surface area contributed by atoms with Crippen LogP contribution < -0.4 is 5.32 Å². The molecule has 104 valence electrons. The fourth-order valence-corrected chi connectivity index (χ4v) is 3.87. The summed E-state index contributed by atoms with van der Waals surface area (Å²) in [5.41, 5.74) is 3.11. The molecule has 19 heavy (non-hydrogen) atoms. The van der Waals surface area contributed by atoms with Crippen molar-refractivity contribution in [3.05, 3.63) is 35.4 Å². The van der Waals surface area contributed by atoms with Crippen LogP contribution in [0.4, 0.5) is 0 Å². The number of hydrogen-bond donors (Lipinski definition) is 1. The summed E-state index contributed by atoms with van der Waals surface area (Å²) in [6.45, 7) is 7.86. The molecule has 0 spiro atoms. The Morgan fingerprint density at radius 2 is 1.79 bits per heavy atom. The lowest BCUT2D eigenvalue weighted by molar-refractivity contribution is 0.350. The van der Waals surface area contributed by atoms with Crippen LogP contribution >= 0.6 is 0 Å². The van der Waals surface area contributed by atoms with Crippen LogP contribution in [0.1, 0.15) is 57.6 Å². The zero-order valence-corrected chi connectivity index (χ0v) is 12.6. The van der Waals surface area contributed by atoms with E-state index in [9.17, 15) is 0 Å². The fourth-order valence-electron chi connectivity index (χ4n) is 3.87. The molecular weight excluding hydrogens is 230 g/mol. The first-order chi connectivity index (χ1) is 9.02. The molecule has 2 bridgehead atoms. The molecule has 3 atom stereocenters. The minimum atomic E-state index is 0.260. The smallest absolute Gasteiger partial charge is 0.0208 e. The average Bonchev–Trinajstić information content (AvgIpc) is 2.98. The van der Waals surface area contributed by atoms with Crippen LogP contribution in [-0.4, -0.2) is 6.04 Å². The molecule has 1 aromatic rings. The van der Waals surface area contributed by atoms with Gasteiger partial charge in [0.05, 0.1) is 0 Å². The van der Waals surface area contributed by atoms with E-state index in [1.807, 2.05) is 0 Å². The Kier molecular flexibility index (Phi) is 3.42. The first-order valence-electron chi connectivity index (χ1n) is 7.85. The SMILES string of the molecule is CC(C)(C)c1ccc(CNC2CC3CCC2C3)cc1. The summed E-state index contributed by atoms with van der Waals surface area (Å²) in [6, 6.07) is 9.96. The topological polar surface area (TPSA) is 12.0 Å². The number of benzene rings is 1. The molecule has 1 N–H and O–H groups in total. The second kappa shape index (κ2) is 4.94. The van der Waals surface area contributed by atoms with Gasteiger partial charge in [-0.25, -0.2) is 0 Å². The van der Waals surface area contributed by atoms with Gasteiger partial charge in [-0.15, -0.1) is 0 Å². The average molecular weight is 257 g/mol. The van der Waals surface area contributed by atoms with Crippen LogP contribution in [0.5, 0.6) is 0 Å². The minimum absolute atomic E-state index is 0.260. The molecule has 0 heterocycles. The van der Waals surface area contributed by atoms with Gasteiger partial charge in [-0.1, -0.05) is 51.5 Å². The van der Waals surface area contributed by atoms with Crippen molar-refractivity contribution in [2.75, 3.05) is 0 Å². The van der Waals surface area contributed by atoms with Gasteiger partial charge in [-0.2, -0.15) is 0 Å². The van der Waals surface area contributed by atoms with Crippen molar-refractivity contribution < 1.29 is 0 Å². The lowest BCUT2D eigenvalue weighted by atomic mass is 9.86. The van der Waals surface area contributed by atoms with E-state index in [1.165, 1.54) is 36.8 Å². The second-order valence-electron chi connectivity index (χ2n) is 7.61. The maximum atomic E-state index is 3.79. The van der Waals surface area contributed by atoms with Gasteiger partial charge >= 0.3 is 0 Å². The van der Waals surface area contributed by atoms with E-state index < -0.39 is 0 Å². The zero-order chi connectivity index (χ0) is 13.5. The molecular formula is C18H27N. The van der Waals surface area contributed by atoms with Crippen LogP contribution in [-0.2, 0) is 12.0 Å². The van der Waals surface area contributed by atoms with Crippen molar-refractivity contribution in [3.63, 3.8) is 0 Å². The van der Waals surface area contributed by atoms with E-state index >= 15 is 0 Å². The van der Waals surface area contributed by atoms with E-state index in [1.54, 1.807) is 0 Å². The van der Waals surface area contributed by atoms with E-state index in [0.717, 1.165) is 24.4 Å². The normalized spacial score (nSPS) is 29.9. The van der Waals surface area contributed by atoms with Crippen LogP contribution in [0.15, 0.2) is 24.3 Å². The summed E-state index contributed by atoms with van der Waals surface area (Å²) in [4.78, 5) is 0. The highest BCUT2D eigenvalue weighted by Crippen LogP contribution is 2.44. The minimum Gasteiger partial charge on any atom is -0.310 e. The lowest BCUT2D eigenvalue weighted by Gasteiger charge is -2.23. The third-order valence-corrected chi connectivity index (χ3v) is 5.13. The summed E-state index contributed by atoms with van der Waals surface area (Å²) in [5.74, 6) is 2.00. The molecule has 3 unspecified atom stereocenters. The molecule has 1 aromatic carbocycles. The predicted octanol–water partition coefficient (Wildman–Crippen LogP) is 4.26. The van der Waals surface area contributed by atoms with Gasteiger partial charge < -0.3 is 5.32 Å². The van der Waals surface area contributed by atoms with Crippen molar-refractivity contribution in [2.45, 2.75) is 64.5 Å². The van der Waals surface area contributed by atoms with Crippen molar-refractivity contribution >= 4 is 0 Å². The molecule has 1 heteroatoms. The summed E-state index contributed by atoms with van der Waals surface area (Å²) < 4.78 is 0. The van der Waals surface area contributed by atoms with Gasteiger partial charge in [0, 0.05) is 12.6 Å².